The van der Waals surface area contributed by atoms with E-state index in [4.69, 9.17) is 51.7 Å². The molecule has 72 heavy (non-hydrogen) atoms. The van der Waals surface area contributed by atoms with Gasteiger partial charge in [0, 0.05) is 19.1 Å². The third-order valence-electron chi connectivity index (χ3n) is 12.5. The summed E-state index contributed by atoms with van der Waals surface area (Å²) in [5.41, 5.74) is 5.21. The van der Waals surface area contributed by atoms with Gasteiger partial charge in [0.15, 0.2) is 12.4 Å². The molecule has 8 rings (SSSR count). The lowest BCUT2D eigenvalue weighted by molar-refractivity contribution is -0.557. The first-order valence-electron chi connectivity index (χ1n) is 24.0. The van der Waals surface area contributed by atoms with Gasteiger partial charge in [-0.1, -0.05) is 182 Å². The molecule has 2 aliphatic rings. The van der Waals surface area contributed by atoms with E-state index in [-0.39, 0.29) is 52.9 Å². The molecule has 6 aromatic carbocycles. The van der Waals surface area contributed by atoms with Crippen molar-refractivity contribution in [3.8, 4) is 0 Å². The van der Waals surface area contributed by atoms with Crippen LogP contribution in [0.4, 0.5) is 0 Å². The first-order valence-corrected chi connectivity index (χ1v) is 25.6. The lowest BCUT2D eigenvalue weighted by atomic mass is 9.95. The highest BCUT2D eigenvalue weighted by atomic mass is 31.2. The van der Waals surface area contributed by atoms with Gasteiger partial charge in [0.05, 0.1) is 52.9 Å². The van der Waals surface area contributed by atoms with Gasteiger partial charge in [-0.3, -0.25) is 14.7 Å². The van der Waals surface area contributed by atoms with Gasteiger partial charge in [-0.05, 0) is 33.4 Å². The van der Waals surface area contributed by atoms with E-state index in [1.807, 2.05) is 182 Å². The highest BCUT2D eigenvalue weighted by molar-refractivity contribution is 7.54. The first-order chi connectivity index (χ1) is 35.3. The van der Waals surface area contributed by atoms with Gasteiger partial charge in [0.2, 0.25) is 5.85 Å². The molecule has 2 saturated heterocycles. The molecule has 0 N–H and O–H groups in total. The van der Waals surface area contributed by atoms with Crippen molar-refractivity contribution in [2.45, 2.75) is 101 Å². The van der Waals surface area contributed by atoms with Crippen LogP contribution < -0.4 is 0 Å². The number of benzene rings is 6. The summed E-state index contributed by atoms with van der Waals surface area (Å²) in [6.45, 7) is 0.615. The second-order valence-electron chi connectivity index (χ2n) is 17.4. The van der Waals surface area contributed by atoms with Gasteiger partial charge in [0.25, 0.3) is 6.04 Å². The van der Waals surface area contributed by atoms with Crippen LogP contribution >= 0.6 is 7.60 Å². The summed E-state index contributed by atoms with van der Waals surface area (Å²) in [6.07, 6.45) is -8.96. The fourth-order valence-corrected chi connectivity index (χ4v) is 10.3. The van der Waals surface area contributed by atoms with Gasteiger partial charge in [-0.25, -0.2) is 0 Å². The van der Waals surface area contributed by atoms with E-state index in [1.54, 1.807) is 0 Å². The van der Waals surface area contributed by atoms with Crippen molar-refractivity contribution in [2.24, 2.45) is 0 Å². The van der Waals surface area contributed by atoms with E-state index >= 15 is 0 Å². The van der Waals surface area contributed by atoms with E-state index in [0.29, 0.717) is 0 Å². The van der Waals surface area contributed by atoms with Crippen molar-refractivity contribution in [1.82, 2.24) is 0 Å². The summed E-state index contributed by atoms with van der Waals surface area (Å²) in [6, 6.07) is 55.8. The molecule has 2 aliphatic heterocycles. The van der Waals surface area contributed by atoms with Crippen molar-refractivity contribution >= 4 is 7.60 Å². The summed E-state index contributed by atoms with van der Waals surface area (Å²) in [5.74, 6) is -1.75. The van der Waals surface area contributed by atoms with Gasteiger partial charge in [-0.15, -0.1) is 0 Å². The third-order valence-corrected chi connectivity index (χ3v) is 14.6. The second kappa shape index (κ2) is 27.0. The standard InChI is InChI=1S/C56H62NO14P/c1-61-72(60,62-2)56-49(57(58)59)52(66-36-44-27-15-6-16-28-44)51(48(70-56)40-64-34-42-23-11-4-12-24-42)71-55-54(68-38-46-31-19-8-20-32-46)53(67-37-45-29-17-7-18-30-45)50(65-35-43-25-13-5-14-26-43)47(69-55)39-63-33-41-21-9-3-10-22-41/h3-32,47-56H,33-40H2,1-2H3/t47-,48-,49-,50-,51-,52-,53+,54-,55-,56+/m1/s1. The Labute approximate surface area is 420 Å². The molecule has 0 aliphatic carbocycles. The largest absolute Gasteiger partial charge is 0.374 e. The van der Waals surface area contributed by atoms with Crippen LogP contribution in [0.5, 0.6) is 0 Å². The van der Waals surface area contributed by atoms with E-state index in [2.05, 4.69) is 0 Å². The minimum absolute atomic E-state index is 0.0218. The highest BCUT2D eigenvalue weighted by Crippen LogP contribution is 2.56. The Balaban J connectivity index is 1.22. The SMILES string of the molecule is COP(=O)(OC)[C@@H]1O[C@H](COCc2ccccc2)[C@@H](O[C@H]2O[C@H](COCc3ccccc3)[C@@H](OCc3ccccc3)[C@H](OCc3ccccc3)[C@H]2OCc2ccccc2)[C@H](OCc2ccccc2)[C@H]1[N+](=O)[O-]. The monoisotopic (exact) mass is 1000 g/mol. The molecule has 0 bridgehead atoms. The van der Waals surface area contributed by atoms with Crippen molar-refractivity contribution < 1.29 is 61.2 Å². The minimum Gasteiger partial charge on any atom is -0.374 e. The Morgan fingerprint density at radius 3 is 1.15 bits per heavy atom. The lowest BCUT2D eigenvalue weighted by Gasteiger charge is -2.49. The zero-order valence-electron chi connectivity index (χ0n) is 40.4. The second-order valence-corrected chi connectivity index (χ2v) is 19.8. The number of nitro groups is 1. The minimum atomic E-state index is -4.35. The quantitative estimate of drug-likeness (QED) is 0.0287. The molecule has 2 fully saturated rings. The number of ether oxygens (including phenoxy) is 9. The smallest absolute Gasteiger partial charge is 0.365 e. The number of hydrogen-bond donors (Lipinski definition) is 0. The first kappa shape index (κ1) is 52.8. The van der Waals surface area contributed by atoms with E-state index in [0.717, 1.165) is 47.6 Å². The molecule has 0 amide bonds. The zero-order valence-corrected chi connectivity index (χ0v) is 41.3. The summed E-state index contributed by atoms with van der Waals surface area (Å²) >= 11 is 0. The molecule has 380 valence electrons. The van der Waals surface area contributed by atoms with Crippen LogP contribution in [0, 0.1) is 10.1 Å². The summed E-state index contributed by atoms with van der Waals surface area (Å²) < 4.78 is 86.3. The predicted octanol–water partition coefficient (Wildman–Crippen LogP) is 9.73. The lowest BCUT2D eigenvalue weighted by Crippen LogP contribution is -2.67. The maximum Gasteiger partial charge on any atom is 0.365 e. The van der Waals surface area contributed by atoms with Crippen LogP contribution in [0.15, 0.2) is 182 Å². The Morgan fingerprint density at radius 1 is 0.444 bits per heavy atom. The maximum atomic E-state index is 14.4. The molecule has 10 atom stereocenters. The topological polar surface area (TPSA) is 162 Å². The van der Waals surface area contributed by atoms with Crippen molar-refractivity contribution in [3.63, 3.8) is 0 Å². The fourth-order valence-electron chi connectivity index (χ4n) is 8.81. The van der Waals surface area contributed by atoms with Crippen LogP contribution in [0.2, 0.25) is 0 Å². The molecule has 6 aromatic rings. The predicted molar refractivity (Wildman–Crippen MR) is 267 cm³/mol. The average Bonchev–Trinajstić information content (AvgIpc) is 3.43. The molecule has 16 heteroatoms. The highest BCUT2D eigenvalue weighted by Gasteiger charge is 2.62. The fraction of sp³-hybridized carbons (Fsp3) is 0.357. The Kier molecular flexibility index (Phi) is 19.8. The van der Waals surface area contributed by atoms with Crippen LogP contribution in [-0.4, -0.2) is 93.3 Å². The van der Waals surface area contributed by atoms with Gasteiger partial charge in [-0.2, -0.15) is 0 Å². The van der Waals surface area contributed by atoms with Crippen molar-refractivity contribution in [1.29, 1.82) is 0 Å². The van der Waals surface area contributed by atoms with E-state index < -0.39 is 73.4 Å². The molecular weight excluding hydrogens is 942 g/mol. The zero-order chi connectivity index (χ0) is 50.0. The summed E-state index contributed by atoms with van der Waals surface area (Å²) in [5, 5.41) is 13.5. The van der Waals surface area contributed by atoms with Crippen LogP contribution in [0.3, 0.4) is 0 Å². The number of nitrogens with zero attached hydrogens (tertiary/aromatic N) is 1. The molecule has 2 heterocycles. The van der Waals surface area contributed by atoms with Crippen molar-refractivity contribution in [3.05, 3.63) is 225 Å². The molecule has 0 aromatic heterocycles. The summed E-state index contributed by atoms with van der Waals surface area (Å²) in [7, 11) is -2.04. The third kappa shape index (κ3) is 14.4. The molecular formula is C56H62NO14P. The van der Waals surface area contributed by atoms with Crippen LogP contribution in [0.25, 0.3) is 0 Å². The number of rotatable bonds is 26. The van der Waals surface area contributed by atoms with Gasteiger partial charge < -0.3 is 51.7 Å². The van der Waals surface area contributed by atoms with E-state index in [1.165, 1.54) is 0 Å². The Hall–Kier alpha value is -5.49. The Morgan fingerprint density at radius 2 is 0.778 bits per heavy atom. The normalized spacial score (nSPS) is 24.4. The van der Waals surface area contributed by atoms with Crippen LogP contribution in [-0.2, 0) is 95.9 Å². The molecule has 0 radical (unpaired) electrons. The van der Waals surface area contributed by atoms with Gasteiger partial charge in [0.1, 0.15) is 36.6 Å². The molecule has 0 saturated carbocycles. The molecule has 15 nitrogen and oxygen atoms in total. The van der Waals surface area contributed by atoms with Gasteiger partial charge >= 0.3 is 7.60 Å². The molecule has 0 unspecified atom stereocenters. The Bertz CT molecular complexity index is 2530. The number of hydrogen-bond acceptors (Lipinski definition) is 14. The summed E-state index contributed by atoms with van der Waals surface area (Å²) in [4.78, 5) is 13.0. The van der Waals surface area contributed by atoms with E-state index in [9.17, 15) is 14.7 Å². The average molecular weight is 1000 g/mol. The van der Waals surface area contributed by atoms with Crippen LogP contribution in [0.1, 0.15) is 33.4 Å². The molecule has 0 spiro atoms. The maximum absolute atomic E-state index is 14.4. The van der Waals surface area contributed by atoms with Crippen molar-refractivity contribution in [2.75, 3.05) is 27.4 Å².